The standard InChI is InChI=1S/C15H23NO2/c1-5-15(4,10-16)14(17)12-7-6-8-13(9-12)18-11(2)3/h6-9,11H,5,10,16H2,1-4H3. The Hall–Kier alpha value is -1.35. The molecule has 0 heterocycles. The zero-order valence-corrected chi connectivity index (χ0v) is 11.7. The van der Waals surface area contributed by atoms with Crippen LogP contribution in [0, 0.1) is 5.41 Å². The fourth-order valence-corrected chi connectivity index (χ4v) is 1.73. The Labute approximate surface area is 109 Å². The summed E-state index contributed by atoms with van der Waals surface area (Å²) < 4.78 is 5.60. The first-order chi connectivity index (χ1) is 8.42. The Morgan fingerprint density at radius 2 is 2.11 bits per heavy atom. The fourth-order valence-electron chi connectivity index (χ4n) is 1.73. The Balaban J connectivity index is 2.99. The van der Waals surface area contributed by atoms with Gasteiger partial charge in [0, 0.05) is 17.5 Å². The van der Waals surface area contributed by atoms with Crippen molar-refractivity contribution >= 4 is 5.78 Å². The number of benzene rings is 1. The zero-order valence-electron chi connectivity index (χ0n) is 11.7. The molecule has 0 aliphatic heterocycles. The van der Waals surface area contributed by atoms with Crippen molar-refractivity contribution in [2.45, 2.75) is 40.2 Å². The molecule has 0 aromatic heterocycles. The first-order valence-electron chi connectivity index (χ1n) is 6.44. The second kappa shape index (κ2) is 6.01. The van der Waals surface area contributed by atoms with E-state index in [1.165, 1.54) is 0 Å². The number of hydrogen-bond donors (Lipinski definition) is 1. The lowest BCUT2D eigenvalue weighted by Crippen LogP contribution is -2.35. The van der Waals surface area contributed by atoms with E-state index in [-0.39, 0.29) is 11.9 Å². The quantitative estimate of drug-likeness (QED) is 0.788. The number of ketones is 1. The summed E-state index contributed by atoms with van der Waals surface area (Å²) in [4.78, 5) is 12.4. The summed E-state index contributed by atoms with van der Waals surface area (Å²) in [5.41, 5.74) is 5.90. The van der Waals surface area contributed by atoms with Gasteiger partial charge in [-0.1, -0.05) is 26.0 Å². The summed E-state index contributed by atoms with van der Waals surface area (Å²) in [7, 11) is 0. The number of rotatable bonds is 6. The largest absolute Gasteiger partial charge is 0.491 e. The molecular weight excluding hydrogens is 226 g/mol. The molecule has 2 N–H and O–H groups in total. The van der Waals surface area contributed by atoms with Gasteiger partial charge in [0.2, 0.25) is 0 Å². The molecular formula is C15H23NO2. The molecule has 18 heavy (non-hydrogen) atoms. The van der Waals surface area contributed by atoms with Gasteiger partial charge in [0.1, 0.15) is 5.75 Å². The lowest BCUT2D eigenvalue weighted by molar-refractivity contribution is 0.0819. The molecule has 1 aromatic rings. The smallest absolute Gasteiger partial charge is 0.170 e. The minimum atomic E-state index is -0.490. The molecule has 100 valence electrons. The number of carbonyl (C=O) groups excluding carboxylic acids is 1. The van der Waals surface area contributed by atoms with E-state index in [0.29, 0.717) is 12.1 Å². The average molecular weight is 249 g/mol. The topological polar surface area (TPSA) is 52.3 Å². The predicted molar refractivity (Wildman–Crippen MR) is 74.0 cm³/mol. The van der Waals surface area contributed by atoms with Crippen LogP contribution in [0.3, 0.4) is 0 Å². The molecule has 3 nitrogen and oxygen atoms in total. The highest BCUT2D eigenvalue weighted by Gasteiger charge is 2.30. The number of hydrogen-bond acceptors (Lipinski definition) is 3. The maximum absolute atomic E-state index is 12.4. The van der Waals surface area contributed by atoms with E-state index in [1.807, 2.05) is 45.9 Å². The van der Waals surface area contributed by atoms with Crippen LogP contribution in [-0.4, -0.2) is 18.4 Å². The molecule has 1 unspecified atom stereocenters. The van der Waals surface area contributed by atoms with Gasteiger partial charge in [-0.05, 0) is 32.4 Å². The van der Waals surface area contributed by atoms with Gasteiger partial charge in [-0.25, -0.2) is 0 Å². The van der Waals surface area contributed by atoms with Crippen LogP contribution in [0.4, 0.5) is 0 Å². The Bertz CT molecular complexity index is 409. The van der Waals surface area contributed by atoms with Crippen LogP contribution in [0.2, 0.25) is 0 Å². The number of nitrogens with two attached hydrogens (primary N) is 1. The second-order valence-corrected chi connectivity index (χ2v) is 5.14. The monoisotopic (exact) mass is 249 g/mol. The Morgan fingerprint density at radius 1 is 1.44 bits per heavy atom. The van der Waals surface area contributed by atoms with Gasteiger partial charge < -0.3 is 10.5 Å². The minimum Gasteiger partial charge on any atom is -0.491 e. The summed E-state index contributed by atoms with van der Waals surface area (Å²) in [5.74, 6) is 0.813. The number of carbonyl (C=O) groups is 1. The van der Waals surface area contributed by atoms with Gasteiger partial charge in [-0.15, -0.1) is 0 Å². The molecule has 3 heteroatoms. The zero-order chi connectivity index (χ0) is 13.8. The molecule has 0 fully saturated rings. The van der Waals surface area contributed by atoms with Crippen LogP contribution in [0.5, 0.6) is 5.75 Å². The van der Waals surface area contributed by atoms with Gasteiger partial charge in [-0.2, -0.15) is 0 Å². The van der Waals surface area contributed by atoms with Crippen molar-refractivity contribution in [1.29, 1.82) is 0 Å². The molecule has 1 rings (SSSR count). The summed E-state index contributed by atoms with van der Waals surface area (Å²) in [6, 6.07) is 7.32. The molecule has 0 aliphatic carbocycles. The molecule has 0 spiro atoms. The summed E-state index contributed by atoms with van der Waals surface area (Å²) in [6.45, 7) is 8.18. The summed E-state index contributed by atoms with van der Waals surface area (Å²) in [6.07, 6.45) is 0.833. The molecule has 0 amide bonds. The van der Waals surface area contributed by atoms with E-state index in [1.54, 1.807) is 6.07 Å². The first kappa shape index (κ1) is 14.7. The second-order valence-electron chi connectivity index (χ2n) is 5.14. The van der Waals surface area contributed by atoms with Crippen LogP contribution in [0.15, 0.2) is 24.3 Å². The van der Waals surface area contributed by atoms with E-state index in [4.69, 9.17) is 10.5 Å². The van der Waals surface area contributed by atoms with Crippen LogP contribution in [0.1, 0.15) is 44.5 Å². The van der Waals surface area contributed by atoms with Crippen molar-refractivity contribution in [3.8, 4) is 5.75 Å². The average Bonchev–Trinajstić information content (AvgIpc) is 2.36. The molecule has 1 aromatic carbocycles. The van der Waals surface area contributed by atoms with Crippen LogP contribution >= 0.6 is 0 Å². The summed E-state index contributed by atoms with van der Waals surface area (Å²) >= 11 is 0. The highest BCUT2D eigenvalue weighted by molar-refractivity contribution is 6.00. The fraction of sp³-hybridized carbons (Fsp3) is 0.533. The van der Waals surface area contributed by atoms with Crippen molar-refractivity contribution in [1.82, 2.24) is 0 Å². The van der Waals surface area contributed by atoms with E-state index < -0.39 is 5.41 Å². The van der Waals surface area contributed by atoms with Crippen molar-refractivity contribution in [3.05, 3.63) is 29.8 Å². The lowest BCUT2D eigenvalue weighted by atomic mass is 9.80. The number of ether oxygens (including phenoxy) is 1. The molecule has 0 radical (unpaired) electrons. The highest BCUT2D eigenvalue weighted by Crippen LogP contribution is 2.27. The highest BCUT2D eigenvalue weighted by atomic mass is 16.5. The molecule has 0 aliphatic rings. The third kappa shape index (κ3) is 3.33. The van der Waals surface area contributed by atoms with Crippen molar-refractivity contribution < 1.29 is 9.53 Å². The maximum atomic E-state index is 12.4. The van der Waals surface area contributed by atoms with Crippen molar-refractivity contribution in [2.75, 3.05) is 6.54 Å². The van der Waals surface area contributed by atoms with E-state index in [2.05, 4.69) is 0 Å². The van der Waals surface area contributed by atoms with Gasteiger partial charge in [0.05, 0.1) is 6.10 Å². The van der Waals surface area contributed by atoms with Gasteiger partial charge in [-0.3, -0.25) is 4.79 Å². The molecule has 0 saturated heterocycles. The van der Waals surface area contributed by atoms with Crippen molar-refractivity contribution in [2.24, 2.45) is 11.1 Å². The third-order valence-electron chi connectivity index (χ3n) is 3.25. The van der Waals surface area contributed by atoms with Gasteiger partial charge in [0.15, 0.2) is 5.78 Å². The van der Waals surface area contributed by atoms with Crippen molar-refractivity contribution in [3.63, 3.8) is 0 Å². The van der Waals surface area contributed by atoms with Crippen LogP contribution in [0.25, 0.3) is 0 Å². The van der Waals surface area contributed by atoms with E-state index in [0.717, 1.165) is 12.2 Å². The lowest BCUT2D eigenvalue weighted by Gasteiger charge is -2.24. The maximum Gasteiger partial charge on any atom is 0.170 e. The minimum absolute atomic E-state index is 0.0849. The Morgan fingerprint density at radius 3 is 2.61 bits per heavy atom. The third-order valence-corrected chi connectivity index (χ3v) is 3.25. The van der Waals surface area contributed by atoms with Gasteiger partial charge >= 0.3 is 0 Å². The normalized spacial score (nSPS) is 14.3. The van der Waals surface area contributed by atoms with E-state index in [9.17, 15) is 4.79 Å². The first-order valence-corrected chi connectivity index (χ1v) is 6.44. The van der Waals surface area contributed by atoms with Crippen LogP contribution < -0.4 is 10.5 Å². The molecule has 1 atom stereocenters. The van der Waals surface area contributed by atoms with E-state index >= 15 is 0 Å². The molecule has 0 bridgehead atoms. The number of Topliss-reactive ketones (excluding diaryl/α,β-unsaturated/α-hetero) is 1. The predicted octanol–water partition coefficient (Wildman–Crippen LogP) is 3.03. The van der Waals surface area contributed by atoms with Gasteiger partial charge in [0.25, 0.3) is 0 Å². The molecule has 0 saturated carbocycles. The SMILES string of the molecule is CCC(C)(CN)C(=O)c1cccc(OC(C)C)c1. The van der Waals surface area contributed by atoms with Crippen LogP contribution in [-0.2, 0) is 0 Å². The summed E-state index contributed by atoms with van der Waals surface area (Å²) in [5, 5.41) is 0. The Kier molecular flexibility index (Phi) is 4.91.